The lowest BCUT2D eigenvalue weighted by Crippen LogP contribution is -2.50. The van der Waals surface area contributed by atoms with Crippen molar-refractivity contribution < 1.29 is 8.42 Å². The van der Waals surface area contributed by atoms with Gasteiger partial charge in [-0.25, -0.2) is 13.1 Å². The van der Waals surface area contributed by atoms with Crippen molar-refractivity contribution in [3.8, 4) is 0 Å². The monoisotopic (exact) mass is 274 g/mol. The number of halogens is 1. The van der Waals surface area contributed by atoms with E-state index < -0.39 is 10.0 Å². The van der Waals surface area contributed by atoms with Crippen LogP contribution in [0.4, 0.5) is 0 Å². The number of nitrogens with one attached hydrogen (secondary N) is 1. The van der Waals surface area contributed by atoms with E-state index in [4.69, 9.17) is 17.3 Å². The minimum absolute atomic E-state index is 0.0478. The second-order valence-electron chi connectivity index (χ2n) is 4.46. The molecule has 0 saturated heterocycles. The zero-order valence-electron chi connectivity index (χ0n) is 9.48. The van der Waals surface area contributed by atoms with Crippen LogP contribution in [0, 0.1) is 6.92 Å². The highest BCUT2D eigenvalue weighted by molar-refractivity contribution is 7.89. The summed E-state index contributed by atoms with van der Waals surface area (Å²) in [5.74, 6) is 0. The fraction of sp³-hybridized carbons (Fsp3) is 0.455. The Hall–Kier alpha value is -0.620. The van der Waals surface area contributed by atoms with Crippen LogP contribution in [0.5, 0.6) is 0 Å². The second-order valence-corrected chi connectivity index (χ2v) is 6.58. The van der Waals surface area contributed by atoms with E-state index in [2.05, 4.69) is 4.72 Å². The third-order valence-corrected chi connectivity index (χ3v) is 4.83. The van der Waals surface area contributed by atoms with Crippen LogP contribution in [0.2, 0.25) is 5.02 Å². The molecule has 0 amide bonds. The number of hydrogen-bond donors (Lipinski definition) is 2. The molecule has 0 radical (unpaired) electrons. The van der Waals surface area contributed by atoms with Gasteiger partial charge >= 0.3 is 0 Å². The molecule has 1 aromatic carbocycles. The van der Waals surface area contributed by atoms with E-state index in [1.165, 1.54) is 6.07 Å². The first-order valence-electron chi connectivity index (χ1n) is 5.42. The van der Waals surface area contributed by atoms with Gasteiger partial charge < -0.3 is 5.73 Å². The van der Waals surface area contributed by atoms with E-state index in [0.717, 1.165) is 0 Å². The number of sulfonamides is 1. The van der Waals surface area contributed by atoms with Gasteiger partial charge in [-0.1, -0.05) is 17.7 Å². The molecule has 0 bridgehead atoms. The standard InChI is InChI=1S/C11H15ClN2O2S/c1-7-2-3-8(12)4-11(7)17(15,16)14-10-5-9(13)6-10/h2-4,9-10,14H,5-6,13H2,1H3. The smallest absolute Gasteiger partial charge is 0.241 e. The van der Waals surface area contributed by atoms with Gasteiger partial charge in [0.15, 0.2) is 0 Å². The highest BCUT2D eigenvalue weighted by Gasteiger charge is 2.30. The first-order valence-corrected chi connectivity index (χ1v) is 7.28. The summed E-state index contributed by atoms with van der Waals surface area (Å²) in [6.07, 6.45) is 1.39. The second kappa shape index (κ2) is 4.57. The van der Waals surface area contributed by atoms with Crippen LogP contribution in [-0.4, -0.2) is 20.5 Å². The van der Waals surface area contributed by atoms with Crippen molar-refractivity contribution in [2.24, 2.45) is 5.73 Å². The molecule has 0 aromatic heterocycles. The summed E-state index contributed by atoms with van der Waals surface area (Å²) in [4.78, 5) is 0.241. The molecular weight excluding hydrogens is 260 g/mol. The lowest BCUT2D eigenvalue weighted by Gasteiger charge is -2.32. The highest BCUT2D eigenvalue weighted by atomic mass is 35.5. The van der Waals surface area contributed by atoms with Crippen LogP contribution in [0.15, 0.2) is 23.1 Å². The Labute approximate surface area is 106 Å². The predicted octanol–water partition coefficient (Wildman–Crippen LogP) is 1.42. The highest BCUT2D eigenvalue weighted by Crippen LogP contribution is 2.24. The third kappa shape index (κ3) is 2.80. The Morgan fingerprint density at radius 1 is 1.41 bits per heavy atom. The van der Waals surface area contributed by atoms with Crippen molar-refractivity contribution in [3.63, 3.8) is 0 Å². The Morgan fingerprint density at radius 3 is 2.65 bits per heavy atom. The van der Waals surface area contributed by atoms with Crippen LogP contribution in [0.25, 0.3) is 0 Å². The van der Waals surface area contributed by atoms with Crippen molar-refractivity contribution in [1.82, 2.24) is 4.72 Å². The predicted molar refractivity (Wildman–Crippen MR) is 67.5 cm³/mol. The first kappa shape index (κ1) is 12.8. The molecule has 2 rings (SSSR count). The van der Waals surface area contributed by atoms with Gasteiger partial charge in [-0.3, -0.25) is 0 Å². The maximum absolute atomic E-state index is 12.1. The summed E-state index contributed by atoms with van der Waals surface area (Å²) in [5, 5.41) is 0.418. The molecule has 3 N–H and O–H groups in total. The SMILES string of the molecule is Cc1ccc(Cl)cc1S(=O)(=O)NC1CC(N)C1. The molecular formula is C11H15ClN2O2S. The van der Waals surface area contributed by atoms with Crippen molar-refractivity contribution >= 4 is 21.6 Å². The molecule has 0 unspecified atom stereocenters. The number of rotatable bonds is 3. The lowest BCUT2D eigenvalue weighted by atomic mass is 9.89. The van der Waals surface area contributed by atoms with Crippen molar-refractivity contribution in [3.05, 3.63) is 28.8 Å². The minimum atomic E-state index is -3.49. The Balaban J connectivity index is 2.22. The molecule has 1 aromatic rings. The molecule has 0 atom stereocenters. The van der Waals surface area contributed by atoms with Crippen molar-refractivity contribution in [2.45, 2.75) is 36.7 Å². The normalized spacial score (nSPS) is 24.4. The molecule has 94 valence electrons. The molecule has 1 saturated carbocycles. The molecule has 0 spiro atoms. The number of hydrogen-bond acceptors (Lipinski definition) is 3. The van der Waals surface area contributed by atoms with Gasteiger partial charge in [0.05, 0.1) is 4.90 Å². The van der Waals surface area contributed by atoms with Gasteiger partial charge in [0.2, 0.25) is 10.0 Å². The van der Waals surface area contributed by atoms with E-state index in [-0.39, 0.29) is 17.0 Å². The minimum Gasteiger partial charge on any atom is -0.328 e. The van der Waals surface area contributed by atoms with Gasteiger partial charge in [0.25, 0.3) is 0 Å². The fourth-order valence-electron chi connectivity index (χ4n) is 1.90. The molecule has 1 aliphatic rings. The summed E-state index contributed by atoms with van der Waals surface area (Å²) < 4.78 is 26.9. The maximum Gasteiger partial charge on any atom is 0.241 e. The van der Waals surface area contributed by atoms with E-state index in [1.54, 1.807) is 19.1 Å². The molecule has 0 heterocycles. The Bertz CT molecular complexity index is 524. The molecule has 6 heteroatoms. The molecule has 0 aliphatic heterocycles. The Kier molecular flexibility index (Phi) is 3.45. The number of benzene rings is 1. The average Bonchev–Trinajstić information content (AvgIpc) is 2.19. The van der Waals surface area contributed by atoms with E-state index >= 15 is 0 Å². The van der Waals surface area contributed by atoms with Crippen LogP contribution >= 0.6 is 11.6 Å². The zero-order chi connectivity index (χ0) is 12.6. The van der Waals surface area contributed by atoms with E-state index in [0.29, 0.717) is 23.4 Å². The van der Waals surface area contributed by atoms with Crippen LogP contribution in [-0.2, 0) is 10.0 Å². The van der Waals surface area contributed by atoms with Gasteiger partial charge in [-0.15, -0.1) is 0 Å². The first-order chi connectivity index (χ1) is 7.88. The lowest BCUT2D eigenvalue weighted by molar-refractivity contribution is 0.327. The molecule has 1 aliphatic carbocycles. The van der Waals surface area contributed by atoms with E-state index in [9.17, 15) is 8.42 Å². The fourth-order valence-corrected chi connectivity index (χ4v) is 3.67. The van der Waals surface area contributed by atoms with Gasteiger partial charge in [0.1, 0.15) is 0 Å². The number of nitrogens with two attached hydrogens (primary N) is 1. The number of aryl methyl sites for hydroxylation is 1. The van der Waals surface area contributed by atoms with Crippen molar-refractivity contribution in [2.75, 3.05) is 0 Å². The summed E-state index contributed by atoms with van der Waals surface area (Å²) >= 11 is 5.82. The van der Waals surface area contributed by atoms with Crippen LogP contribution in [0.3, 0.4) is 0 Å². The molecule has 17 heavy (non-hydrogen) atoms. The van der Waals surface area contributed by atoms with Crippen molar-refractivity contribution in [1.29, 1.82) is 0 Å². The van der Waals surface area contributed by atoms with Gasteiger partial charge in [0, 0.05) is 17.1 Å². The van der Waals surface area contributed by atoms with Crippen LogP contribution < -0.4 is 10.5 Å². The maximum atomic E-state index is 12.1. The summed E-state index contributed by atoms with van der Waals surface area (Å²) in [5.41, 5.74) is 6.31. The van der Waals surface area contributed by atoms with E-state index in [1.807, 2.05) is 0 Å². The average molecular weight is 275 g/mol. The van der Waals surface area contributed by atoms with Gasteiger partial charge in [-0.2, -0.15) is 0 Å². The summed E-state index contributed by atoms with van der Waals surface area (Å²) in [6, 6.07) is 4.91. The third-order valence-electron chi connectivity index (χ3n) is 2.94. The molecule has 1 fully saturated rings. The summed E-state index contributed by atoms with van der Waals surface area (Å²) in [7, 11) is -3.49. The van der Waals surface area contributed by atoms with Crippen LogP contribution in [0.1, 0.15) is 18.4 Å². The molecule has 4 nitrogen and oxygen atoms in total. The van der Waals surface area contributed by atoms with Gasteiger partial charge in [-0.05, 0) is 37.5 Å². The largest absolute Gasteiger partial charge is 0.328 e. The zero-order valence-corrected chi connectivity index (χ0v) is 11.1. The summed E-state index contributed by atoms with van der Waals surface area (Å²) in [6.45, 7) is 1.75. The topological polar surface area (TPSA) is 72.2 Å². The Morgan fingerprint density at radius 2 is 2.06 bits per heavy atom. The quantitative estimate of drug-likeness (QED) is 0.876.